The lowest BCUT2D eigenvalue weighted by Gasteiger charge is -2.23. The Hall–Kier alpha value is -0.610. The predicted octanol–water partition coefficient (Wildman–Crippen LogP) is 3.58. The fourth-order valence-electron chi connectivity index (χ4n) is 2.03. The van der Waals surface area contributed by atoms with E-state index in [1.165, 1.54) is 58.8 Å². The van der Waals surface area contributed by atoms with Gasteiger partial charge in [0.2, 0.25) is 0 Å². The molecule has 0 radical (unpaired) electrons. The average molecular weight is 302 g/mol. The van der Waals surface area contributed by atoms with Crippen molar-refractivity contribution in [1.82, 2.24) is 0 Å². The van der Waals surface area contributed by atoms with Crippen molar-refractivity contribution in [3.05, 3.63) is 0 Å². The molecule has 0 aliphatic heterocycles. The van der Waals surface area contributed by atoms with Crippen molar-refractivity contribution in [1.29, 1.82) is 0 Å². The first-order valence-corrected chi connectivity index (χ1v) is 8.44. The van der Waals surface area contributed by atoms with Gasteiger partial charge in [0, 0.05) is 6.42 Å². The summed E-state index contributed by atoms with van der Waals surface area (Å²) in [6.07, 6.45) is 10.2. The van der Waals surface area contributed by atoms with Crippen LogP contribution in [0.2, 0.25) is 0 Å². The number of hydrogen-bond donors (Lipinski definition) is 2. The van der Waals surface area contributed by atoms with Crippen LogP contribution in [0.15, 0.2) is 0 Å². The molecule has 0 fully saturated rings. The summed E-state index contributed by atoms with van der Waals surface area (Å²) in [4.78, 5) is 11.5. The second-order valence-electron chi connectivity index (χ2n) is 6.43. The Morgan fingerprint density at radius 3 is 1.95 bits per heavy atom. The molecule has 0 heterocycles. The lowest BCUT2D eigenvalue weighted by Crippen LogP contribution is -2.39. The number of unbranched alkanes of at least 4 members (excludes halogenated alkanes) is 8. The van der Waals surface area contributed by atoms with Gasteiger partial charge in [0.25, 0.3) is 0 Å². The molecule has 0 amide bonds. The first-order valence-electron chi connectivity index (χ1n) is 8.44. The molecule has 1 atom stereocenters. The van der Waals surface area contributed by atoms with Crippen LogP contribution in [0.25, 0.3) is 0 Å². The molecule has 21 heavy (non-hydrogen) atoms. The molecule has 0 aliphatic carbocycles. The van der Waals surface area contributed by atoms with Crippen LogP contribution in [0, 0.1) is 0 Å². The zero-order chi connectivity index (χ0) is 16.1. The fraction of sp³-hybridized carbons (Fsp3) is 0.941. The third kappa shape index (κ3) is 12.8. The number of carbonyl (C=O) groups excluding carboxylic acids is 1. The van der Waals surface area contributed by atoms with Crippen LogP contribution in [0.4, 0.5) is 0 Å². The van der Waals surface area contributed by atoms with Gasteiger partial charge in [0.1, 0.15) is 12.7 Å². The molecule has 0 spiro atoms. The smallest absolute Gasteiger partial charge is 0.305 e. The fourth-order valence-corrected chi connectivity index (χ4v) is 2.03. The minimum absolute atomic E-state index is 0.139. The number of hydrogen-bond acceptors (Lipinski definition) is 4. The molecule has 0 saturated heterocycles. The van der Waals surface area contributed by atoms with E-state index in [0.717, 1.165) is 12.8 Å². The largest absolute Gasteiger partial charge is 0.463 e. The first-order chi connectivity index (χ1) is 9.88. The molecular weight excluding hydrogens is 268 g/mol. The summed E-state index contributed by atoms with van der Waals surface area (Å²) >= 11 is 0. The van der Waals surface area contributed by atoms with E-state index >= 15 is 0 Å². The molecule has 1 unspecified atom stereocenters. The third-order valence-electron chi connectivity index (χ3n) is 3.70. The summed E-state index contributed by atoms with van der Waals surface area (Å²) in [5.41, 5.74) is -1.24. The Morgan fingerprint density at radius 2 is 1.48 bits per heavy atom. The zero-order valence-corrected chi connectivity index (χ0v) is 14.1. The topological polar surface area (TPSA) is 66.8 Å². The van der Waals surface area contributed by atoms with Crippen LogP contribution >= 0.6 is 0 Å². The minimum atomic E-state index is -1.24. The Morgan fingerprint density at radius 1 is 1.00 bits per heavy atom. The highest BCUT2D eigenvalue weighted by atomic mass is 16.5. The van der Waals surface area contributed by atoms with Crippen LogP contribution in [0.5, 0.6) is 0 Å². The third-order valence-corrected chi connectivity index (χ3v) is 3.70. The lowest BCUT2D eigenvalue weighted by molar-refractivity contribution is -0.152. The highest BCUT2D eigenvalue weighted by Gasteiger charge is 2.25. The van der Waals surface area contributed by atoms with Gasteiger partial charge in [-0.05, 0) is 20.3 Å². The standard InChI is InChI=1S/C17H34O4/c1-4-5-6-7-8-9-10-11-12-13-16(19)21-14-15(18)17(2,3)20/h15,18,20H,4-14H2,1-3H3. The van der Waals surface area contributed by atoms with Crippen molar-refractivity contribution in [2.45, 2.75) is 96.7 Å². The summed E-state index contributed by atoms with van der Waals surface area (Å²) in [5.74, 6) is -0.291. The van der Waals surface area contributed by atoms with Crippen molar-refractivity contribution in [2.24, 2.45) is 0 Å². The van der Waals surface area contributed by atoms with E-state index in [9.17, 15) is 15.0 Å². The van der Waals surface area contributed by atoms with Crippen molar-refractivity contribution in [3.63, 3.8) is 0 Å². The molecule has 0 aromatic carbocycles. The highest BCUT2D eigenvalue weighted by Crippen LogP contribution is 2.12. The van der Waals surface area contributed by atoms with E-state index in [-0.39, 0.29) is 12.6 Å². The van der Waals surface area contributed by atoms with E-state index < -0.39 is 11.7 Å². The maximum absolute atomic E-state index is 11.5. The summed E-state index contributed by atoms with van der Waals surface area (Å²) in [7, 11) is 0. The van der Waals surface area contributed by atoms with Gasteiger partial charge in [-0.25, -0.2) is 0 Å². The molecule has 0 rings (SSSR count). The quantitative estimate of drug-likeness (QED) is 0.403. The number of ether oxygens (including phenoxy) is 1. The van der Waals surface area contributed by atoms with E-state index in [0.29, 0.717) is 6.42 Å². The van der Waals surface area contributed by atoms with E-state index in [1.807, 2.05) is 0 Å². The number of aliphatic hydroxyl groups excluding tert-OH is 1. The van der Waals surface area contributed by atoms with Gasteiger partial charge in [-0.1, -0.05) is 58.3 Å². The molecule has 0 aliphatic rings. The van der Waals surface area contributed by atoms with Crippen LogP contribution in [-0.4, -0.2) is 34.5 Å². The van der Waals surface area contributed by atoms with Crippen molar-refractivity contribution >= 4 is 5.97 Å². The highest BCUT2D eigenvalue weighted by molar-refractivity contribution is 5.69. The molecule has 2 N–H and O–H groups in total. The van der Waals surface area contributed by atoms with Gasteiger partial charge >= 0.3 is 5.97 Å². The average Bonchev–Trinajstić information content (AvgIpc) is 2.41. The normalized spacial score (nSPS) is 13.2. The number of rotatable bonds is 13. The molecule has 0 saturated carbocycles. The second kappa shape index (κ2) is 12.0. The molecule has 4 nitrogen and oxygen atoms in total. The SMILES string of the molecule is CCCCCCCCCCCC(=O)OCC(O)C(C)(C)O. The Kier molecular flexibility index (Phi) is 11.6. The summed E-state index contributed by atoms with van der Waals surface area (Å²) in [6.45, 7) is 5.07. The summed E-state index contributed by atoms with van der Waals surface area (Å²) in [6, 6.07) is 0. The maximum Gasteiger partial charge on any atom is 0.305 e. The molecular formula is C17H34O4. The van der Waals surface area contributed by atoms with Crippen LogP contribution < -0.4 is 0 Å². The van der Waals surface area contributed by atoms with Crippen LogP contribution in [0.3, 0.4) is 0 Å². The molecule has 126 valence electrons. The summed E-state index contributed by atoms with van der Waals surface area (Å²) in [5, 5.41) is 19.0. The molecule has 0 bridgehead atoms. The zero-order valence-electron chi connectivity index (χ0n) is 14.1. The predicted molar refractivity (Wildman–Crippen MR) is 85.1 cm³/mol. The van der Waals surface area contributed by atoms with Gasteiger partial charge in [-0.15, -0.1) is 0 Å². The molecule has 4 heteroatoms. The van der Waals surface area contributed by atoms with Crippen LogP contribution in [-0.2, 0) is 9.53 Å². The summed E-state index contributed by atoms with van der Waals surface area (Å²) < 4.78 is 4.95. The van der Waals surface area contributed by atoms with Gasteiger partial charge in [0.05, 0.1) is 5.60 Å². The number of carbonyl (C=O) groups is 1. The second-order valence-corrected chi connectivity index (χ2v) is 6.43. The Labute approximate surface area is 129 Å². The minimum Gasteiger partial charge on any atom is -0.463 e. The van der Waals surface area contributed by atoms with Crippen molar-refractivity contribution < 1.29 is 19.7 Å². The Balaban J connectivity index is 3.38. The maximum atomic E-state index is 11.5. The van der Waals surface area contributed by atoms with Gasteiger partial charge < -0.3 is 14.9 Å². The van der Waals surface area contributed by atoms with Crippen molar-refractivity contribution in [2.75, 3.05) is 6.61 Å². The number of esters is 1. The van der Waals surface area contributed by atoms with E-state index in [4.69, 9.17) is 4.74 Å². The van der Waals surface area contributed by atoms with Crippen LogP contribution in [0.1, 0.15) is 85.0 Å². The van der Waals surface area contributed by atoms with Crippen molar-refractivity contribution in [3.8, 4) is 0 Å². The number of aliphatic hydroxyl groups is 2. The molecule has 0 aromatic heterocycles. The van der Waals surface area contributed by atoms with E-state index in [1.54, 1.807) is 0 Å². The first kappa shape index (κ1) is 20.4. The van der Waals surface area contributed by atoms with Gasteiger partial charge in [-0.2, -0.15) is 0 Å². The van der Waals surface area contributed by atoms with Gasteiger partial charge in [-0.3, -0.25) is 4.79 Å². The van der Waals surface area contributed by atoms with E-state index in [2.05, 4.69) is 6.92 Å². The molecule has 0 aromatic rings. The lowest BCUT2D eigenvalue weighted by atomic mass is 10.0. The van der Waals surface area contributed by atoms with Gasteiger partial charge in [0.15, 0.2) is 0 Å². The Bertz CT molecular complexity index is 258. The monoisotopic (exact) mass is 302 g/mol.